The number of ether oxygens (including phenoxy) is 1. The number of nitrogens with one attached hydrogen (secondary N) is 2. The van der Waals surface area contributed by atoms with Gasteiger partial charge in [-0.1, -0.05) is 42.5 Å². The quantitative estimate of drug-likeness (QED) is 0.358. The van der Waals surface area contributed by atoms with Crippen LogP contribution in [0.3, 0.4) is 0 Å². The van der Waals surface area contributed by atoms with E-state index in [0.29, 0.717) is 16.8 Å². The second-order valence-corrected chi connectivity index (χ2v) is 9.38. The lowest BCUT2D eigenvalue weighted by atomic mass is 10.0. The molecule has 0 bridgehead atoms. The number of carbonyl (C=O) groups is 3. The van der Waals surface area contributed by atoms with Gasteiger partial charge in [0.25, 0.3) is 5.91 Å². The first-order valence-corrected chi connectivity index (χ1v) is 11.9. The molecule has 1 amide bonds. The molecule has 0 atom stereocenters. The zero-order valence-corrected chi connectivity index (χ0v) is 19.5. The van der Waals surface area contributed by atoms with E-state index in [1.54, 1.807) is 68.4 Å². The molecule has 2 N–H and O–H groups in total. The minimum absolute atomic E-state index is 0.00943. The van der Waals surface area contributed by atoms with E-state index in [4.69, 9.17) is 4.74 Å². The van der Waals surface area contributed by atoms with Crippen molar-refractivity contribution in [2.75, 3.05) is 11.9 Å². The Hall–Kier alpha value is -3.82. The lowest BCUT2D eigenvalue weighted by molar-refractivity contribution is -0.119. The van der Waals surface area contributed by atoms with Gasteiger partial charge in [-0.3, -0.25) is 9.59 Å². The molecule has 0 radical (unpaired) electrons. The number of benzene rings is 3. The number of anilines is 1. The van der Waals surface area contributed by atoms with Crippen molar-refractivity contribution >= 4 is 33.4 Å². The first-order chi connectivity index (χ1) is 16.2. The van der Waals surface area contributed by atoms with Gasteiger partial charge in [-0.25, -0.2) is 17.9 Å². The highest BCUT2D eigenvalue weighted by atomic mass is 32.2. The number of hydrogen-bond donors (Lipinski definition) is 2. The number of esters is 1. The lowest BCUT2D eigenvalue weighted by Crippen LogP contribution is -2.30. The molecule has 0 fully saturated rings. The summed E-state index contributed by atoms with van der Waals surface area (Å²) in [6, 6.07) is 20.1. The van der Waals surface area contributed by atoms with Gasteiger partial charge < -0.3 is 10.1 Å². The van der Waals surface area contributed by atoms with Gasteiger partial charge in [0.1, 0.15) is 0 Å². The number of ketones is 1. The Labute approximate surface area is 198 Å². The van der Waals surface area contributed by atoms with Crippen LogP contribution in [-0.4, -0.2) is 38.7 Å². The van der Waals surface area contributed by atoms with Crippen LogP contribution < -0.4 is 10.0 Å². The van der Waals surface area contributed by atoms with Gasteiger partial charge >= 0.3 is 5.97 Å². The van der Waals surface area contributed by atoms with Gasteiger partial charge in [0.2, 0.25) is 10.0 Å². The average Bonchev–Trinajstić information content (AvgIpc) is 2.82. The molecule has 9 heteroatoms. The number of hydrogen-bond acceptors (Lipinski definition) is 6. The molecular formula is C25H24N2O6S. The molecule has 0 aliphatic heterocycles. The maximum absolute atomic E-state index is 12.8. The molecule has 8 nitrogen and oxygen atoms in total. The third-order valence-corrected chi connectivity index (χ3v) is 6.28. The molecule has 0 heterocycles. The predicted octanol–water partition coefficient (Wildman–Crippen LogP) is 3.40. The van der Waals surface area contributed by atoms with E-state index in [1.165, 1.54) is 24.3 Å². The number of sulfonamides is 1. The van der Waals surface area contributed by atoms with E-state index < -0.39 is 28.5 Å². The van der Waals surface area contributed by atoms with E-state index in [1.807, 2.05) is 0 Å². The van der Waals surface area contributed by atoms with Gasteiger partial charge in [-0.2, -0.15) is 0 Å². The molecule has 0 aromatic heterocycles. The molecule has 0 aliphatic rings. The predicted molar refractivity (Wildman–Crippen MR) is 127 cm³/mol. The smallest absolute Gasteiger partial charge is 0.338 e. The third kappa shape index (κ3) is 6.37. The Morgan fingerprint density at radius 3 is 2.09 bits per heavy atom. The summed E-state index contributed by atoms with van der Waals surface area (Å²) in [6.45, 7) is 2.82. The van der Waals surface area contributed by atoms with Crippen LogP contribution in [0.5, 0.6) is 0 Å². The van der Waals surface area contributed by atoms with E-state index in [2.05, 4.69) is 10.0 Å². The van der Waals surface area contributed by atoms with Crippen LogP contribution in [0.2, 0.25) is 0 Å². The molecular weight excluding hydrogens is 456 g/mol. The average molecular weight is 481 g/mol. The molecule has 0 aliphatic carbocycles. The number of carbonyl (C=O) groups excluding carboxylic acids is 3. The van der Waals surface area contributed by atoms with Gasteiger partial charge in [-0.15, -0.1) is 0 Å². The summed E-state index contributed by atoms with van der Waals surface area (Å²) in [7, 11) is -3.69. The number of rotatable bonds is 9. The van der Waals surface area contributed by atoms with Crippen molar-refractivity contribution in [1.29, 1.82) is 0 Å². The van der Waals surface area contributed by atoms with E-state index in [-0.39, 0.29) is 22.3 Å². The zero-order valence-electron chi connectivity index (χ0n) is 18.6. The normalized spacial score (nSPS) is 11.1. The Balaban J connectivity index is 1.62. The summed E-state index contributed by atoms with van der Waals surface area (Å²) in [6.07, 6.45) is 0. The van der Waals surface area contributed by atoms with Crippen LogP contribution in [0.25, 0.3) is 0 Å². The number of amides is 1. The fraction of sp³-hybridized carbons (Fsp3) is 0.160. The van der Waals surface area contributed by atoms with Gasteiger partial charge in [0.15, 0.2) is 12.4 Å². The van der Waals surface area contributed by atoms with Crippen LogP contribution in [0.1, 0.15) is 40.1 Å². The molecule has 34 heavy (non-hydrogen) atoms. The molecule has 0 spiro atoms. The van der Waals surface area contributed by atoms with Crippen molar-refractivity contribution in [3.63, 3.8) is 0 Å². The SMILES string of the molecule is CC(C)NS(=O)(=O)c1ccc(C(=O)OCC(=O)Nc2ccccc2C(=O)c2ccccc2)cc1. The Kier molecular flexibility index (Phi) is 7.93. The van der Waals surface area contributed by atoms with Crippen molar-refractivity contribution in [3.05, 3.63) is 95.6 Å². The van der Waals surface area contributed by atoms with Crippen molar-refractivity contribution < 1.29 is 27.5 Å². The van der Waals surface area contributed by atoms with Crippen LogP contribution in [-0.2, 0) is 19.6 Å². The number of para-hydroxylation sites is 1. The minimum Gasteiger partial charge on any atom is -0.452 e. The first kappa shape index (κ1) is 24.8. The van der Waals surface area contributed by atoms with E-state index in [9.17, 15) is 22.8 Å². The second-order valence-electron chi connectivity index (χ2n) is 7.67. The summed E-state index contributed by atoms with van der Waals surface area (Å²) < 4.78 is 31.8. The summed E-state index contributed by atoms with van der Waals surface area (Å²) in [4.78, 5) is 37.4. The fourth-order valence-corrected chi connectivity index (χ4v) is 4.34. The fourth-order valence-electron chi connectivity index (χ4n) is 3.08. The molecule has 0 saturated carbocycles. The largest absolute Gasteiger partial charge is 0.452 e. The standard InChI is InChI=1S/C25H24N2O6S/c1-17(2)27-34(31,32)20-14-12-19(13-15-20)25(30)33-16-23(28)26-22-11-7-6-10-21(22)24(29)18-8-4-3-5-9-18/h3-15,17,27H,16H2,1-2H3,(H,26,28). The Bertz CT molecular complexity index is 1290. The van der Waals surface area contributed by atoms with Crippen molar-refractivity contribution in [3.8, 4) is 0 Å². The Morgan fingerprint density at radius 2 is 1.44 bits per heavy atom. The highest BCUT2D eigenvalue weighted by molar-refractivity contribution is 7.89. The van der Waals surface area contributed by atoms with Crippen molar-refractivity contribution in [2.24, 2.45) is 0 Å². The zero-order chi connectivity index (χ0) is 24.7. The molecule has 3 aromatic rings. The summed E-state index contributed by atoms with van der Waals surface area (Å²) in [5.74, 6) is -1.66. The minimum atomic E-state index is -3.69. The molecule has 3 aromatic carbocycles. The first-order valence-electron chi connectivity index (χ1n) is 10.5. The van der Waals surface area contributed by atoms with Gasteiger partial charge in [0, 0.05) is 17.2 Å². The lowest BCUT2D eigenvalue weighted by Gasteiger charge is -2.11. The highest BCUT2D eigenvalue weighted by Crippen LogP contribution is 2.19. The molecule has 176 valence electrons. The monoisotopic (exact) mass is 480 g/mol. The van der Waals surface area contributed by atoms with Crippen molar-refractivity contribution in [2.45, 2.75) is 24.8 Å². The molecule has 3 rings (SSSR count). The maximum Gasteiger partial charge on any atom is 0.338 e. The molecule has 0 unspecified atom stereocenters. The van der Waals surface area contributed by atoms with Crippen LogP contribution in [0.4, 0.5) is 5.69 Å². The van der Waals surface area contributed by atoms with Crippen LogP contribution in [0, 0.1) is 0 Å². The van der Waals surface area contributed by atoms with Gasteiger partial charge in [0.05, 0.1) is 16.1 Å². The van der Waals surface area contributed by atoms with Crippen LogP contribution in [0.15, 0.2) is 83.8 Å². The topological polar surface area (TPSA) is 119 Å². The van der Waals surface area contributed by atoms with E-state index >= 15 is 0 Å². The van der Waals surface area contributed by atoms with Crippen LogP contribution >= 0.6 is 0 Å². The maximum atomic E-state index is 12.8. The Morgan fingerprint density at radius 1 is 0.824 bits per heavy atom. The van der Waals surface area contributed by atoms with Gasteiger partial charge in [-0.05, 0) is 50.2 Å². The van der Waals surface area contributed by atoms with Crippen molar-refractivity contribution in [1.82, 2.24) is 4.72 Å². The highest BCUT2D eigenvalue weighted by Gasteiger charge is 2.18. The summed E-state index contributed by atoms with van der Waals surface area (Å²) in [5, 5.41) is 2.59. The van der Waals surface area contributed by atoms with E-state index in [0.717, 1.165) is 0 Å². The second kappa shape index (κ2) is 10.9. The third-order valence-electron chi connectivity index (χ3n) is 4.61. The molecule has 0 saturated heterocycles. The summed E-state index contributed by atoms with van der Waals surface area (Å²) in [5.41, 5.74) is 1.17. The summed E-state index contributed by atoms with van der Waals surface area (Å²) >= 11 is 0.